The van der Waals surface area contributed by atoms with Gasteiger partial charge in [-0.25, -0.2) is 4.98 Å². The molecule has 0 spiro atoms. The number of pyridine rings is 1. The van der Waals surface area contributed by atoms with Crippen LogP contribution in [0.15, 0.2) is 84.9 Å². The van der Waals surface area contributed by atoms with Gasteiger partial charge in [-0.15, -0.1) is 0 Å². The zero-order valence-corrected chi connectivity index (χ0v) is 13.3. The Bertz CT molecular complexity index is 974. The fourth-order valence-electron chi connectivity index (χ4n) is 2.99. The van der Waals surface area contributed by atoms with Gasteiger partial charge in [-0.3, -0.25) is 0 Å². The first kappa shape index (κ1) is 14.6. The number of hydrogen-bond acceptors (Lipinski definition) is 2. The lowest BCUT2D eigenvalue weighted by atomic mass is 9.98. The highest BCUT2D eigenvalue weighted by atomic mass is 14.7. The third-order valence-corrected chi connectivity index (χ3v) is 4.29. The van der Waals surface area contributed by atoms with Crippen LogP contribution in [0.2, 0.25) is 0 Å². The molecule has 0 fully saturated rings. The van der Waals surface area contributed by atoms with Gasteiger partial charge in [0.2, 0.25) is 0 Å². The number of aromatic nitrogens is 1. The molecule has 0 radical (unpaired) electrons. The second kappa shape index (κ2) is 6.26. The number of benzene rings is 3. The quantitative estimate of drug-likeness (QED) is 0.576. The first-order valence-corrected chi connectivity index (χ1v) is 8.10. The molecule has 2 N–H and O–H groups in total. The van der Waals surface area contributed by atoms with E-state index in [0.29, 0.717) is 6.54 Å². The number of hydrogen-bond donors (Lipinski definition) is 1. The predicted octanol–water partition coefficient (Wildman–Crippen LogP) is 5.03. The monoisotopic (exact) mass is 310 g/mol. The number of para-hydroxylation sites is 1. The van der Waals surface area contributed by atoms with Crippen molar-refractivity contribution in [3.8, 4) is 22.4 Å². The molecule has 4 rings (SSSR count). The third-order valence-electron chi connectivity index (χ3n) is 4.29. The van der Waals surface area contributed by atoms with E-state index in [1.165, 1.54) is 16.5 Å². The maximum Gasteiger partial charge on any atom is 0.0715 e. The smallest absolute Gasteiger partial charge is 0.0715 e. The summed E-state index contributed by atoms with van der Waals surface area (Å²) in [5.74, 6) is 0. The zero-order chi connectivity index (χ0) is 16.4. The molecule has 3 aromatic carbocycles. The van der Waals surface area contributed by atoms with E-state index in [9.17, 15) is 0 Å². The van der Waals surface area contributed by atoms with Crippen LogP contribution >= 0.6 is 0 Å². The Morgan fingerprint density at radius 2 is 1.42 bits per heavy atom. The standard InChI is InChI=1S/C22H18N2/c23-15-16-10-12-18(13-11-16)22-14-20(17-6-2-1-3-7-17)19-8-4-5-9-21(19)24-22/h1-14H,15,23H2. The van der Waals surface area contributed by atoms with Crippen molar-refractivity contribution in [2.45, 2.75) is 6.54 Å². The fourth-order valence-corrected chi connectivity index (χ4v) is 2.99. The lowest BCUT2D eigenvalue weighted by molar-refractivity contribution is 1.07. The molecular weight excluding hydrogens is 292 g/mol. The van der Waals surface area contributed by atoms with Gasteiger partial charge in [0.25, 0.3) is 0 Å². The van der Waals surface area contributed by atoms with Crippen LogP contribution in [0.25, 0.3) is 33.3 Å². The van der Waals surface area contributed by atoms with Gasteiger partial charge in [0.1, 0.15) is 0 Å². The van der Waals surface area contributed by atoms with Crippen molar-refractivity contribution in [1.29, 1.82) is 0 Å². The van der Waals surface area contributed by atoms with Crippen LogP contribution in [0.3, 0.4) is 0 Å². The lowest BCUT2D eigenvalue weighted by Crippen LogP contribution is -1.95. The Kier molecular flexibility index (Phi) is 3.81. The molecule has 0 aliphatic carbocycles. The van der Waals surface area contributed by atoms with Gasteiger partial charge >= 0.3 is 0 Å². The van der Waals surface area contributed by atoms with Crippen LogP contribution in [0.4, 0.5) is 0 Å². The van der Waals surface area contributed by atoms with E-state index in [0.717, 1.165) is 22.3 Å². The van der Waals surface area contributed by atoms with Crippen molar-refractivity contribution in [1.82, 2.24) is 4.98 Å². The third kappa shape index (κ3) is 2.68. The Hall–Kier alpha value is -2.97. The first-order valence-electron chi connectivity index (χ1n) is 8.10. The Labute approximate surface area is 141 Å². The van der Waals surface area contributed by atoms with E-state index >= 15 is 0 Å². The summed E-state index contributed by atoms with van der Waals surface area (Å²) in [4.78, 5) is 4.86. The maximum absolute atomic E-state index is 5.70. The van der Waals surface area contributed by atoms with Gasteiger partial charge in [-0.05, 0) is 28.8 Å². The van der Waals surface area contributed by atoms with Gasteiger partial charge in [0.05, 0.1) is 11.2 Å². The van der Waals surface area contributed by atoms with Crippen LogP contribution in [0.5, 0.6) is 0 Å². The van der Waals surface area contributed by atoms with Crippen LogP contribution in [-0.2, 0) is 6.54 Å². The molecule has 24 heavy (non-hydrogen) atoms. The molecule has 0 aliphatic heterocycles. The van der Waals surface area contributed by atoms with Crippen molar-refractivity contribution >= 4 is 10.9 Å². The average Bonchev–Trinajstić information content (AvgIpc) is 2.68. The summed E-state index contributed by atoms with van der Waals surface area (Å²) in [6, 6.07) is 29.2. The summed E-state index contributed by atoms with van der Waals surface area (Å²) in [7, 11) is 0. The summed E-state index contributed by atoms with van der Waals surface area (Å²) >= 11 is 0. The topological polar surface area (TPSA) is 38.9 Å². The van der Waals surface area contributed by atoms with E-state index < -0.39 is 0 Å². The normalized spacial score (nSPS) is 10.9. The second-order valence-electron chi connectivity index (χ2n) is 5.84. The molecule has 4 aromatic rings. The molecule has 0 saturated heterocycles. The molecule has 0 aliphatic rings. The van der Waals surface area contributed by atoms with Crippen molar-refractivity contribution in [2.24, 2.45) is 5.73 Å². The highest BCUT2D eigenvalue weighted by Crippen LogP contribution is 2.31. The SMILES string of the molecule is NCc1ccc(-c2cc(-c3ccccc3)c3ccccc3n2)cc1. The summed E-state index contributed by atoms with van der Waals surface area (Å²) in [5.41, 5.74) is 12.3. The average molecular weight is 310 g/mol. The molecule has 116 valence electrons. The van der Waals surface area contributed by atoms with Crippen LogP contribution in [-0.4, -0.2) is 4.98 Å². The number of nitrogens with two attached hydrogens (primary N) is 1. The Morgan fingerprint density at radius 3 is 2.17 bits per heavy atom. The maximum atomic E-state index is 5.70. The minimum Gasteiger partial charge on any atom is -0.326 e. The van der Waals surface area contributed by atoms with E-state index in [1.807, 2.05) is 12.1 Å². The molecule has 0 unspecified atom stereocenters. The van der Waals surface area contributed by atoms with Crippen LogP contribution in [0, 0.1) is 0 Å². The molecule has 0 saturated carbocycles. The van der Waals surface area contributed by atoms with Crippen molar-refractivity contribution < 1.29 is 0 Å². The molecular formula is C22H18N2. The molecule has 1 aromatic heterocycles. The Balaban J connectivity index is 1.94. The summed E-state index contributed by atoms with van der Waals surface area (Å²) in [6.45, 7) is 0.556. The molecule has 1 heterocycles. The summed E-state index contributed by atoms with van der Waals surface area (Å²) in [5, 5.41) is 1.17. The van der Waals surface area contributed by atoms with E-state index in [2.05, 4.69) is 72.8 Å². The zero-order valence-electron chi connectivity index (χ0n) is 13.3. The highest BCUT2D eigenvalue weighted by molar-refractivity contribution is 5.96. The molecule has 2 heteroatoms. The van der Waals surface area contributed by atoms with Crippen LogP contribution < -0.4 is 5.73 Å². The molecule has 0 bridgehead atoms. The van der Waals surface area contributed by atoms with Gasteiger partial charge in [0, 0.05) is 17.5 Å². The van der Waals surface area contributed by atoms with E-state index in [4.69, 9.17) is 10.7 Å². The molecule has 0 amide bonds. The Morgan fingerprint density at radius 1 is 0.708 bits per heavy atom. The van der Waals surface area contributed by atoms with Crippen molar-refractivity contribution in [3.05, 3.63) is 90.5 Å². The first-order chi connectivity index (χ1) is 11.8. The van der Waals surface area contributed by atoms with Crippen LogP contribution in [0.1, 0.15) is 5.56 Å². The second-order valence-corrected chi connectivity index (χ2v) is 5.84. The largest absolute Gasteiger partial charge is 0.326 e. The van der Waals surface area contributed by atoms with E-state index in [-0.39, 0.29) is 0 Å². The van der Waals surface area contributed by atoms with Gasteiger partial charge < -0.3 is 5.73 Å². The van der Waals surface area contributed by atoms with Gasteiger partial charge in [0.15, 0.2) is 0 Å². The predicted molar refractivity (Wildman–Crippen MR) is 101 cm³/mol. The summed E-state index contributed by atoms with van der Waals surface area (Å²) in [6.07, 6.45) is 0. The fraction of sp³-hybridized carbons (Fsp3) is 0.0455. The van der Waals surface area contributed by atoms with Gasteiger partial charge in [-0.1, -0.05) is 72.8 Å². The molecule has 2 nitrogen and oxygen atoms in total. The van der Waals surface area contributed by atoms with Crippen molar-refractivity contribution in [2.75, 3.05) is 0 Å². The minimum atomic E-state index is 0.556. The number of rotatable bonds is 3. The summed E-state index contributed by atoms with van der Waals surface area (Å²) < 4.78 is 0. The number of fused-ring (bicyclic) bond motifs is 1. The molecule has 0 atom stereocenters. The highest BCUT2D eigenvalue weighted by Gasteiger charge is 2.09. The number of nitrogens with zero attached hydrogens (tertiary/aromatic N) is 1. The van der Waals surface area contributed by atoms with Crippen molar-refractivity contribution in [3.63, 3.8) is 0 Å². The minimum absolute atomic E-state index is 0.556. The van der Waals surface area contributed by atoms with E-state index in [1.54, 1.807) is 0 Å². The lowest BCUT2D eigenvalue weighted by Gasteiger charge is -2.10. The van der Waals surface area contributed by atoms with Gasteiger partial charge in [-0.2, -0.15) is 0 Å².